The monoisotopic (exact) mass is 486 g/mol. The summed E-state index contributed by atoms with van der Waals surface area (Å²) in [5.74, 6) is -2.46. The number of rotatable bonds is 5. The summed E-state index contributed by atoms with van der Waals surface area (Å²) in [5.41, 5.74) is 3.27. The largest absolute Gasteiger partial charge is 0.297 e. The first-order chi connectivity index (χ1) is 16.3. The molecule has 12 heteroatoms. The number of benzene rings is 2. The van der Waals surface area contributed by atoms with E-state index < -0.39 is 32.3 Å². The lowest BCUT2D eigenvalue weighted by atomic mass is 10.2. The molecule has 2 aromatic carbocycles. The minimum absolute atomic E-state index is 0.156. The fraction of sp³-hybridized carbons (Fsp3) is 0.227. The molecule has 3 heterocycles. The Bertz CT molecular complexity index is 1470. The van der Waals surface area contributed by atoms with Crippen molar-refractivity contribution in [1.29, 1.82) is 0 Å². The van der Waals surface area contributed by atoms with E-state index in [0.29, 0.717) is 17.0 Å². The second-order valence-corrected chi connectivity index (χ2v) is 9.91. The van der Waals surface area contributed by atoms with Crippen LogP contribution in [-0.4, -0.2) is 47.2 Å². The van der Waals surface area contributed by atoms with Crippen molar-refractivity contribution in [3.05, 3.63) is 72.2 Å². The molecular formula is C22H20F2N6O3S. The third-order valence-corrected chi connectivity index (χ3v) is 7.37. The van der Waals surface area contributed by atoms with Crippen molar-refractivity contribution in [2.24, 2.45) is 0 Å². The summed E-state index contributed by atoms with van der Waals surface area (Å²) in [6.07, 6.45) is 6.44. The SMILES string of the molecule is O=C(Nn1ncc2cc(S(=O)(=O)c3cc(F)cc(F)c3)ccc21)c1ccn(N2CCCCC2)n1. The molecule has 9 nitrogen and oxygen atoms in total. The number of carbonyl (C=O) groups is 1. The molecule has 34 heavy (non-hydrogen) atoms. The van der Waals surface area contributed by atoms with Crippen molar-refractivity contribution in [3.8, 4) is 0 Å². The maximum absolute atomic E-state index is 13.5. The fourth-order valence-corrected chi connectivity index (χ4v) is 5.25. The Balaban J connectivity index is 1.38. The number of sulfone groups is 1. The van der Waals surface area contributed by atoms with Gasteiger partial charge >= 0.3 is 0 Å². The zero-order chi connectivity index (χ0) is 23.9. The summed E-state index contributed by atoms with van der Waals surface area (Å²) in [6.45, 7) is 1.75. The fourth-order valence-electron chi connectivity index (χ4n) is 3.92. The molecule has 1 aliphatic heterocycles. The summed E-state index contributed by atoms with van der Waals surface area (Å²) in [7, 11) is -4.16. The van der Waals surface area contributed by atoms with E-state index in [-0.39, 0.29) is 10.6 Å². The Morgan fingerprint density at radius 3 is 2.41 bits per heavy atom. The van der Waals surface area contributed by atoms with Gasteiger partial charge in [-0.1, -0.05) is 0 Å². The van der Waals surface area contributed by atoms with Crippen LogP contribution in [0.3, 0.4) is 0 Å². The molecule has 0 radical (unpaired) electrons. The highest BCUT2D eigenvalue weighted by Gasteiger charge is 2.21. The predicted molar refractivity (Wildman–Crippen MR) is 119 cm³/mol. The van der Waals surface area contributed by atoms with Crippen LogP contribution in [0.2, 0.25) is 0 Å². The van der Waals surface area contributed by atoms with Crippen molar-refractivity contribution in [2.75, 3.05) is 23.5 Å². The van der Waals surface area contributed by atoms with Gasteiger partial charge in [0.2, 0.25) is 9.84 Å². The van der Waals surface area contributed by atoms with Crippen LogP contribution in [0.1, 0.15) is 29.8 Å². The molecule has 0 spiro atoms. The van der Waals surface area contributed by atoms with Crippen LogP contribution in [-0.2, 0) is 9.84 Å². The van der Waals surface area contributed by atoms with Crippen LogP contribution in [0.4, 0.5) is 8.78 Å². The van der Waals surface area contributed by atoms with Gasteiger partial charge in [0.25, 0.3) is 5.91 Å². The highest BCUT2D eigenvalue weighted by atomic mass is 32.2. The predicted octanol–water partition coefficient (Wildman–Crippen LogP) is 2.85. The van der Waals surface area contributed by atoms with E-state index in [4.69, 9.17) is 0 Å². The van der Waals surface area contributed by atoms with Crippen LogP contribution in [0.15, 0.2) is 64.6 Å². The maximum Gasteiger partial charge on any atom is 0.291 e. The number of carbonyl (C=O) groups excluding carboxylic acids is 1. The lowest BCUT2D eigenvalue weighted by Crippen LogP contribution is -2.39. The second kappa shape index (κ2) is 8.52. The van der Waals surface area contributed by atoms with E-state index >= 15 is 0 Å². The highest BCUT2D eigenvalue weighted by molar-refractivity contribution is 7.91. The number of halogens is 2. The summed E-state index contributed by atoms with van der Waals surface area (Å²) in [4.78, 5) is 14.9. The third-order valence-electron chi connectivity index (χ3n) is 5.63. The number of hydrogen-bond acceptors (Lipinski definition) is 6. The number of aromatic nitrogens is 4. The number of hydrogen-bond donors (Lipinski definition) is 1. The molecule has 0 atom stereocenters. The van der Waals surface area contributed by atoms with Crippen molar-refractivity contribution in [3.63, 3.8) is 0 Å². The first-order valence-electron chi connectivity index (χ1n) is 10.6. The van der Waals surface area contributed by atoms with Crippen LogP contribution in [0.5, 0.6) is 0 Å². The average Bonchev–Trinajstić information content (AvgIpc) is 3.46. The molecule has 0 saturated carbocycles. The molecule has 0 unspecified atom stereocenters. The zero-order valence-corrected chi connectivity index (χ0v) is 18.7. The molecule has 2 aromatic heterocycles. The van der Waals surface area contributed by atoms with Crippen molar-refractivity contribution in [2.45, 2.75) is 29.1 Å². The summed E-state index contributed by atoms with van der Waals surface area (Å²) in [5, 5.41) is 10.9. The Labute approximate surface area is 193 Å². The Hall–Kier alpha value is -3.80. The number of nitrogens with one attached hydrogen (secondary N) is 1. The van der Waals surface area contributed by atoms with E-state index in [1.54, 1.807) is 17.1 Å². The first kappa shape index (κ1) is 22.0. The molecule has 0 bridgehead atoms. The van der Waals surface area contributed by atoms with Gasteiger partial charge in [0.15, 0.2) is 5.69 Å². The van der Waals surface area contributed by atoms with Crippen LogP contribution >= 0.6 is 0 Å². The Morgan fingerprint density at radius 2 is 1.68 bits per heavy atom. The molecule has 4 aromatic rings. The number of nitrogens with zero attached hydrogens (tertiary/aromatic N) is 5. The molecule has 1 fully saturated rings. The van der Waals surface area contributed by atoms with Gasteiger partial charge < -0.3 is 0 Å². The van der Waals surface area contributed by atoms with Crippen LogP contribution < -0.4 is 10.4 Å². The highest BCUT2D eigenvalue weighted by Crippen LogP contribution is 2.26. The van der Waals surface area contributed by atoms with Gasteiger partial charge in [0.05, 0.1) is 21.5 Å². The maximum atomic E-state index is 13.5. The lowest BCUT2D eigenvalue weighted by molar-refractivity contribution is 0.100. The van der Waals surface area contributed by atoms with Crippen LogP contribution in [0.25, 0.3) is 10.9 Å². The van der Waals surface area contributed by atoms with Gasteiger partial charge in [0.1, 0.15) is 11.6 Å². The minimum Gasteiger partial charge on any atom is -0.297 e. The molecule has 1 saturated heterocycles. The van der Waals surface area contributed by atoms with Gasteiger partial charge in [-0.25, -0.2) is 22.6 Å². The average molecular weight is 487 g/mol. The van der Waals surface area contributed by atoms with Crippen molar-refractivity contribution >= 4 is 26.6 Å². The molecule has 5 rings (SSSR count). The summed E-state index contributed by atoms with van der Waals surface area (Å²) >= 11 is 0. The van der Waals surface area contributed by atoms with E-state index in [2.05, 4.69) is 20.6 Å². The summed E-state index contributed by atoms with van der Waals surface area (Å²) in [6, 6.07) is 7.80. The minimum atomic E-state index is -4.16. The van der Waals surface area contributed by atoms with Gasteiger partial charge in [-0.3, -0.25) is 9.80 Å². The van der Waals surface area contributed by atoms with Gasteiger partial charge in [-0.05, 0) is 55.7 Å². The smallest absolute Gasteiger partial charge is 0.291 e. The van der Waals surface area contributed by atoms with Gasteiger partial charge in [-0.15, -0.1) is 5.10 Å². The quantitative estimate of drug-likeness (QED) is 0.466. The number of piperidine rings is 1. The molecule has 1 N–H and O–H groups in total. The molecule has 1 aliphatic rings. The number of amides is 1. The number of fused-ring (bicyclic) bond motifs is 1. The van der Waals surface area contributed by atoms with Crippen LogP contribution in [0, 0.1) is 11.6 Å². The second-order valence-electron chi connectivity index (χ2n) is 7.96. The van der Waals surface area contributed by atoms with Crippen molar-refractivity contribution < 1.29 is 22.0 Å². The van der Waals surface area contributed by atoms with E-state index in [1.807, 2.05) is 0 Å². The standard InChI is InChI=1S/C22H20F2N6O3S/c23-16-11-17(24)13-19(12-16)34(32,33)18-4-5-21-15(10-18)14-25-30(21)27-22(31)20-6-9-29(26-20)28-7-2-1-3-8-28/h4-6,9-14H,1-3,7-8H2,(H,27,31). The normalized spacial score (nSPS) is 14.5. The Morgan fingerprint density at radius 1 is 0.941 bits per heavy atom. The zero-order valence-electron chi connectivity index (χ0n) is 17.9. The molecule has 176 valence electrons. The van der Waals surface area contributed by atoms with Crippen molar-refractivity contribution in [1.82, 2.24) is 19.8 Å². The molecular weight excluding hydrogens is 466 g/mol. The topological polar surface area (TPSA) is 102 Å². The summed E-state index contributed by atoms with van der Waals surface area (Å²) < 4.78 is 52.7. The van der Waals surface area contributed by atoms with Gasteiger partial charge in [-0.2, -0.15) is 14.7 Å². The van der Waals surface area contributed by atoms with Gasteiger partial charge in [0, 0.05) is 30.7 Å². The van der Waals surface area contributed by atoms with E-state index in [1.165, 1.54) is 35.6 Å². The Kier molecular flexibility index (Phi) is 5.52. The van der Waals surface area contributed by atoms with E-state index in [0.717, 1.165) is 38.1 Å². The first-order valence-corrected chi connectivity index (χ1v) is 12.1. The third kappa shape index (κ3) is 4.12. The molecule has 1 amide bonds. The molecule has 0 aliphatic carbocycles. The lowest BCUT2D eigenvalue weighted by Gasteiger charge is -2.28. The van der Waals surface area contributed by atoms with E-state index in [9.17, 15) is 22.0 Å².